The predicted molar refractivity (Wildman–Crippen MR) is 70.0 cm³/mol. The van der Waals surface area contributed by atoms with E-state index in [-0.39, 0.29) is 37.3 Å². The quantitative estimate of drug-likeness (QED) is 0.527. The second-order valence-corrected chi connectivity index (χ2v) is 5.73. The minimum Gasteiger partial charge on any atom is -0.394 e. The number of nitrogens with two attached hydrogens (primary N) is 1. The van der Waals surface area contributed by atoms with Crippen molar-refractivity contribution in [2.24, 2.45) is 0 Å². The van der Waals surface area contributed by atoms with E-state index in [4.69, 9.17) is 14.8 Å². The Labute approximate surface area is 105 Å². The lowest BCUT2D eigenvalue weighted by molar-refractivity contribution is 0.221. The summed E-state index contributed by atoms with van der Waals surface area (Å²) in [4.78, 5) is 22.0. The number of nitrogen functional groups attached to an aromatic ring is 1. The zero-order valence-corrected chi connectivity index (χ0v) is 11.3. The highest BCUT2D eigenvalue weighted by Gasteiger charge is 2.24. The molecule has 0 radical (unpaired) electrons. The third-order valence-electron chi connectivity index (χ3n) is 2.29. The number of hydrogen-bond donors (Lipinski definition) is 2. The van der Waals surface area contributed by atoms with Gasteiger partial charge in [-0.3, -0.25) is 14.2 Å². The van der Waals surface area contributed by atoms with E-state index in [2.05, 4.69) is 5.32 Å². The molecule has 8 heteroatoms. The van der Waals surface area contributed by atoms with Gasteiger partial charge in [0.2, 0.25) is 0 Å². The molecule has 1 aromatic carbocycles. The largest absolute Gasteiger partial charge is 0.394 e. The van der Waals surface area contributed by atoms with Crippen LogP contribution < -0.4 is 21.9 Å². The number of hydrogen-bond acceptors (Lipinski definition) is 7. The van der Waals surface area contributed by atoms with Crippen molar-refractivity contribution in [3.8, 4) is 0 Å². The number of nitrogens with one attached hydrogen (secondary N) is 1. The second kappa shape index (κ2) is 6.13. The van der Waals surface area contributed by atoms with Crippen LogP contribution >= 0.6 is 7.60 Å². The summed E-state index contributed by atoms with van der Waals surface area (Å²) < 4.78 is 22.2. The molecule has 0 bridgehead atoms. The Morgan fingerprint density at radius 1 is 1.17 bits per heavy atom. The molecule has 0 aliphatic heterocycles. The van der Waals surface area contributed by atoms with Crippen LogP contribution in [0.3, 0.4) is 0 Å². The van der Waals surface area contributed by atoms with E-state index >= 15 is 0 Å². The topological polar surface area (TPSA) is 108 Å². The van der Waals surface area contributed by atoms with E-state index in [1.165, 1.54) is 0 Å². The first-order chi connectivity index (χ1) is 8.45. The van der Waals surface area contributed by atoms with Crippen molar-refractivity contribution in [2.45, 2.75) is 13.8 Å². The molecule has 0 unspecified atom stereocenters. The average Bonchev–Trinajstić information content (AvgIpc) is 2.34. The van der Waals surface area contributed by atoms with Crippen LogP contribution in [-0.2, 0) is 13.6 Å². The van der Waals surface area contributed by atoms with Gasteiger partial charge >= 0.3 is 7.60 Å². The zero-order chi connectivity index (χ0) is 13.8. The van der Waals surface area contributed by atoms with E-state index in [1.807, 2.05) is 0 Å². The fourth-order valence-corrected chi connectivity index (χ4v) is 2.97. The number of rotatable bonds is 8. The van der Waals surface area contributed by atoms with Crippen LogP contribution in [0.1, 0.15) is 13.8 Å². The van der Waals surface area contributed by atoms with Gasteiger partial charge in [0.15, 0.2) is 0 Å². The molecule has 0 atom stereocenters. The van der Waals surface area contributed by atoms with Crippen molar-refractivity contribution in [3.63, 3.8) is 0 Å². The van der Waals surface area contributed by atoms with Gasteiger partial charge in [0, 0.05) is 6.54 Å². The van der Waals surface area contributed by atoms with Crippen LogP contribution in [0.5, 0.6) is 0 Å². The Bertz CT molecular complexity index is 510. The van der Waals surface area contributed by atoms with Crippen molar-refractivity contribution in [2.75, 3.05) is 37.0 Å². The van der Waals surface area contributed by atoms with Gasteiger partial charge < -0.3 is 20.1 Å². The van der Waals surface area contributed by atoms with Gasteiger partial charge in [0.05, 0.1) is 19.4 Å². The van der Waals surface area contributed by atoms with Crippen molar-refractivity contribution >= 4 is 19.0 Å². The molecule has 3 N–H and O–H groups in total. The molecular weight excluding hydrogens is 259 g/mol. The van der Waals surface area contributed by atoms with E-state index < -0.39 is 18.5 Å². The molecule has 1 rings (SSSR count). The van der Waals surface area contributed by atoms with Crippen LogP contribution in [0.2, 0.25) is 0 Å². The highest BCUT2D eigenvalue weighted by atomic mass is 31.2. The normalized spacial score (nSPS) is 11.9. The minimum absolute atomic E-state index is 0.0809. The molecule has 18 heavy (non-hydrogen) atoms. The summed E-state index contributed by atoms with van der Waals surface area (Å²) in [5.74, 6) is 0. The molecule has 102 valence electrons. The lowest BCUT2D eigenvalue weighted by atomic mass is 10.2. The molecule has 7 nitrogen and oxygen atoms in total. The first kappa shape index (κ1) is 14.9. The predicted octanol–water partition coefficient (Wildman–Crippen LogP) is 0.543. The molecule has 0 fully saturated rings. The molecule has 0 saturated heterocycles. The van der Waals surface area contributed by atoms with E-state index in [9.17, 15) is 14.2 Å². The van der Waals surface area contributed by atoms with Gasteiger partial charge in [-0.2, -0.15) is 0 Å². The Morgan fingerprint density at radius 3 is 2.17 bits per heavy atom. The molecule has 1 aromatic rings. The average molecular weight is 276 g/mol. The zero-order valence-electron chi connectivity index (χ0n) is 10.4. The van der Waals surface area contributed by atoms with Crippen LogP contribution in [0, 0.1) is 0 Å². The third kappa shape index (κ3) is 3.19. The van der Waals surface area contributed by atoms with Crippen LogP contribution in [0.15, 0.2) is 9.59 Å². The maximum absolute atomic E-state index is 12.0. The Morgan fingerprint density at radius 2 is 1.72 bits per heavy atom. The van der Waals surface area contributed by atoms with Crippen molar-refractivity contribution in [1.29, 1.82) is 0 Å². The van der Waals surface area contributed by atoms with Gasteiger partial charge in [-0.25, -0.2) is 0 Å². The lowest BCUT2D eigenvalue weighted by Gasteiger charge is -2.17. The highest BCUT2D eigenvalue weighted by Crippen LogP contribution is 2.47. The van der Waals surface area contributed by atoms with Gasteiger partial charge in [0.1, 0.15) is 11.4 Å². The third-order valence-corrected chi connectivity index (χ3v) is 4.36. The SMILES string of the molecule is CCOP(=O)(CCNc1c(N)c(=O)c1=O)OCC. The highest BCUT2D eigenvalue weighted by molar-refractivity contribution is 7.53. The molecule has 0 aliphatic carbocycles. The Kier molecular flexibility index (Phi) is 5.07. The van der Waals surface area contributed by atoms with Crippen LogP contribution in [0.25, 0.3) is 0 Å². The summed E-state index contributed by atoms with van der Waals surface area (Å²) in [6.07, 6.45) is 0.104. The molecule has 0 amide bonds. The maximum atomic E-state index is 12.0. The second-order valence-electron chi connectivity index (χ2n) is 3.54. The summed E-state index contributed by atoms with van der Waals surface area (Å²) in [7, 11) is -3.14. The molecule has 0 aromatic heterocycles. The Hall–Kier alpha value is -1.17. The summed E-state index contributed by atoms with van der Waals surface area (Å²) in [6.45, 7) is 4.17. The van der Waals surface area contributed by atoms with E-state index in [0.717, 1.165) is 0 Å². The van der Waals surface area contributed by atoms with Crippen LogP contribution in [0.4, 0.5) is 11.4 Å². The van der Waals surface area contributed by atoms with Gasteiger partial charge in [-0.05, 0) is 13.8 Å². The standard InChI is InChI=1S/C10H17N2O5P/c1-3-16-18(15,17-4-2)6-5-12-8-7(11)9(13)10(8)14/h12H,3-6,11H2,1-2H3. The summed E-state index contributed by atoms with van der Waals surface area (Å²) in [5, 5.41) is 2.67. The van der Waals surface area contributed by atoms with Crippen molar-refractivity contribution in [1.82, 2.24) is 0 Å². The van der Waals surface area contributed by atoms with E-state index in [1.54, 1.807) is 13.8 Å². The van der Waals surface area contributed by atoms with E-state index in [0.29, 0.717) is 0 Å². The Balaban J connectivity index is 2.52. The van der Waals surface area contributed by atoms with Crippen molar-refractivity contribution < 1.29 is 13.6 Å². The minimum atomic E-state index is -3.14. The monoisotopic (exact) mass is 276 g/mol. The van der Waals surface area contributed by atoms with Crippen LogP contribution in [-0.4, -0.2) is 25.9 Å². The maximum Gasteiger partial charge on any atom is 0.332 e. The fraction of sp³-hybridized carbons (Fsp3) is 0.600. The smallest absolute Gasteiger partial charge is 0.332 e. The molecule has 0 heterocycles. The number of anilines is 2. The van der Waals surface area contributed by atoms with Gasteiger partial charge in [-0.15, -0.1) is 0 Å². The summed E-state index contributed by atoms with van der Waals surface area (Å²) in [6, 6.07) is 0. The molecule has 0 aliphatic rings. The fourth-order valence-electron chi connectivity index (χ4n) is 1.46. The molecule has 0 spiro atoms. The van der Waals surface area contributed by atoms with Gasteiger partial charge in [0.25, 0.3) is 10.9 Å². The first-order valence-corrected chi connectivity index (χ1v) is 7.38. The van der Waals surface area contributed by atoms with Crippen molar-refractivity contribution in [3.05, 3.63) is 20.4 Å². The molecular formula is C10H17N2O5P. The lowest BCUT2D eigenvalue weighted by Crippen LogP contribution is -2.37. The molecule has 0 saturated carbocycles. The first-order valence-electron chi connectivity index (χ1n) is 5.66. The van der Waals surface area contributed by atoms with Gasteiger partial charge in [-0.1, -0.05) is 0 Å². The summed E-state index contributed by atoms with van der Waals surface area (Å²) >= 11 is 0. The summed E-state index contributed by atoms with van der Waals surface area (Å²) in [5.41, 5.74) is 4.01.